The van der Waals surface area contributed by atoms with Gasteiger partial charge >= 0.3 is 0 Å². The van der Waals surface area contributed by atoms with E-state index in [1.165, 1.54) is 25.7 Å². The van der Waals surface area contributed by atoms with Crippen LogP contribution in [0.4, 0.5) is 0 Å². The van der Waals surface area contributed by atoms with E-state index in [9.17, 15) is 0 Å². The zero-order chi connectivity index (χ0) is 14.4. The molecule has 0 heterocycles. The van der Waals surface area contributed by atoms with Crippen molar-refractivity contribution in [3.05, 3.63) is 29.3 Å². The van der Waals surface area contributed by atoms with Crippen molar-refractivity contribution in [2.45, 2.75) is 43.5 Å². The monoisotopic (exact) mass is 290 g/mol. The zero-order valence-corrected chi connectivity index (χ0v) is 13.0. The van der Waals surface area contributed by atoms with Crippen molar-refractivity contribution in [1.29, 1.82) is 5.26 Å². The van der Waals surface area contributed by atoms with Crippen LogP contribution in [0.2, 0.25) is 0 Å². The number of benzene rings is 1. The number of rotatable bonds is 5. The van der Waals surface area contributed by atoms with E-state index >= 15 is 0 Å². The minimum absolute atomic E-state index is 0.564. The molecular formula is C16H22N2OS. The predicted molar refractivity (Wildman–Crippen MR) is 84.1 cm³/mol. The summed E-state index contributed by atoms with van der Waals surface area (Å²) in [7, 11) is 1.68. The number of hydrogen-bond acceptors (Lipinski definition) is 4. The van der Waals surface area contributed by atoms with Crippen LogP contribution in [0.25, 0.3) is 0 Å². The summed E-state index contributed by atoms with van der Waals surface area (Å²) < 4.78 is 5.38. The Kier molecular flexibility index (Phi) is 5.75. The Morgan fingerprint density at radius 2 is 2.20 bits per heavy atom. The van der Waals surface area contributed by atoms with Crippen LogP contribution in [0.1, 0.15) is 36.8 Å². The average Bonchev–Trinajstić information content (AvgIpc) is 2.52. The van der Waals surface area contributed by atoms with Gasteiger partial charge in [-0.1, -0.05) is 12.8 Å². The van der Waals surface area contributed by atoms with Crippen LogP contribution >= 0.6 is 11.8 Å². The summed E-state index contributed by atoms with van der Waals surface area (Å²) in [6, 6.07) is 8.35. The molecule has 1 aliphatic rings. The SMILES string of the molecule is COc1ccc(C#N)cc1CNC1CCCCC1SC. The molecule has 4 heteroatoms. The van der Waals surface area contributed by atoms with Crippen molar-refractivity contribution in [3.63, 3.8) is 0 Å². The van der Waals surface area contributed by atoms with Gasteiger partial charge in [-0.15, -0.1) is 0 Å². The van der Waals surface area contributed by atoms with E-state index in [1.807, 2.05) is 23.9 Å². The highest BCUT2D eigenvalue weighted by atomic mass is 32.2. The highest BCUT2D eigenvalue weighted by molar-refractivity contribution is 7.99. The minimum atomic E-state index is 0.564. The Balaban J connectivity index is 2.04. The first-order valence-corrected chi connectivity index (χ1v) is 8.40. The summed E-state index contributed by atoms with van der Waals surface area (Å²) in [5.41, 5.74) is 1.75. The number of ether oxygens (including phenoxy) is 1. The van der Waals surface area contributed by atoms with Crippen LogP contribution in [-0.2, 0) is 6.54 Å². The summed E-state index contributed by atoms with van der Waals surface area (Å²) in [4.78, 5) is 0. The number of nitrogens with zero attached hydrogens (tertiary/aromatic N) is 1. The lowest BCUT2D eigenvalue weighted by atomic mass is 9.94. The topological polar surface area (TPSA) is 45.0 Å². The fourth-order valence-corrected chi connectivity index (χ4v) is 3.80. The Labute approximate surface area is 125 Å². The summed E-state index contributed by atoms with van der Waals surface area (Å²) in [6.45, 7) is 0.764. The zero-order valence-electron chi connectivity index (χ0n) is 12.2. The third-order valence-electron chi connectivity index (χ3n) is 3.97. The van der Waals surface area contributed by atoms with Crippen LogP contribution in [0.5, 0.6) is 5.75 Å². The molecule has 1 aromatic carbocycles. The van der Waals surface area contributed by atoms with Crippen LogP contribution in [0, 0.1) is 11.3 Å². The maximum absolute atomic E-state index is 9.01. The van der Waals surface area contributed by atoms with Crippen molar-refractivity contribution in [1.82, 2.24) is 5.32 Å². The second kappa shape index (κ2) is 7.56. The molecule has 0 spiro atoms. The normalized spacial score (nSPS) is 22.2. The van der Waals surface area contributed by atoms with Gasteiger partial charge in [0.25, 0.3) is 0 Å². The minimum Gasteiger partial charge on any atom is -0.496 e. The second-order valence-electron chi connectivity index (χ2n) is 5.18. The third-order valence-corrected chi connectivity index (χ3v) is 5.14. The van der Waals surface area contributed by atoms with E-state index in [0.29, 0.717) is 16.9 Å². The van der Waals surface area contributed by atoms with Gasteiger partial charge in [-0.3, -0.25) is 0 Å². The molecule has 1 aromatic rings. The molecule has 0 aromatic heterocycles. The van der Waals surface area contributed by atoms with E-state index in [-0.39, 0.29) is 0 Å². The lowest BCUT2D eigenvalue weighted by molar-refractivity contribution is 0.374. The van der Waals surface area contributed by atoms with Crippen LogP contribution in [-0.4, -0.2) is 24.7 Å². The molecule has 1 N–H and O–H groups in total. The van der Waals surface area contributed by atoms with Gasteiger partial charge in [-0.05, 0) is 37.3 Å². The number of methoxy groups -OCH3 is 1. The molecule has 0 bridgehead atoms. The summed E-state index contributed by atoms with van der Waals surface area (Å²) in [5.74, 6) is 0.855. The van der Waals surface area contributed by atoms with Gasteiger partial charge in [0.05, 0.1) is 18.7 Å². The molecular weight excluding hydrogens is 268 g/mol. The number of nitrogens with one attached hydrogen (secondary N) is 1. The maximum atomic E-state index is 9.01. The van der Waals surface area contributed by atoms with Crippen molar-refractivity contribution < 1.29 is 4.74 Å². The molecule has 2 unspecified atom stereocenters. The Morgan fingerprint density at radius 1 is 1.40 bits per heavy atom. The fourth-order valence-electron chi connectivity index (χ4n) is 2.84. The highest BCUT2D eigenvalue weighted by Crippen LogP contribution is 2.28. The fraction of sp³-hybridized carbons (Fsp3) is 0.562. The molecule has 1 saturated carbocycles. The largest absolute Gasteiger partial charge is 0.496 e. The highest BCUT2D eigenvalue weighted by Gasteiger charge is 2.23. The first-order chi connectivity index (χ1) is 9.78. The first kappa shape index (κ1) is 15.2. The smallest absolute Gasteiger partial charge is 0.123 e. The summed E-state index contributed by atoms with van der Waals surface area (Å²) in [6.07, 6.45) is 7.39. The molecule has 1 fully saturated rings. The molecule has 0 radical (unpaired) electrons. The molecule has 0 saturated heterocycles. The van der Waals surface area contributed by atoms with Gasteiger partial charge in [-0.25, -0.2) is 0 Å². The van der Waals surface area contributed by atoms with Gasteiger partial charge < -0.3 is 10.1 Å². The maximum Gasteiger partial charge on any atom is 0.123 e. The molecule has 0 amide bonds. The van der Waals surface area contributed by atoms with Gasteiger partial charge in [0.1, 0.15) is 5.75 Å². The lowest BCUT2D eigenvalue weighted by Crippen LogP contribution is -2.40. The van der Waals surface area contributed by atoms with Crippen molar-refractivity contribution >= 4 is 11.8 Å². The number of hydrogen-bond donors (Lipinski definition) is 1. The van der Waals surface area contributed by atoms with Crippen LogP contribution in [0.3, 0.4) is 0 Å². The first-order valence-electron chi connectivity index (χ1n) is 7.11. The van der Waals surface area contributed by atoms with E-state index in [2.05, 4.69) is 17.6 Å². The van der Waals surface area contributed by atoms with E-state index in [4.69, 9.17) is 10.00 Å². The van der Waals surface area contributed by atoms with Crippen LogP contribution in [0.15, 0.2) is 18.2 Å². The molecule has 3 nitrogen and oxygen atoms in total. The molecule has 108 valence electrons. The van der Waals surface area contributed by atoms with E-state index in [0.717, 1.165) is 17.9 Å². The lowest BCUT2D eigenvalue weighted by Gasteiger charge is -2.31. The van der Waals surface area contributed by atoms with E-state index in [1.54, 1.807) is 13.2 Å². The second-order valence-corrected chi connectivity index (χ2v) is 6.26. The standard InChI is InChI=1S/C16H22N2OS/c1-19-15-8-7-12(10-17)9-13(15)11-18-14-5-3-4-6-16(14)20-2/h7-9,14,16,18H,3-6,11H2,1-2H3. The van der Waals surface area contributed by atoms with Gasteiger partial charge in [0.2, 0.25) is 0 Å². The Morgan fingerprint density at radius 3 is 2.90 bits per heavy atom. The third kappa shape index (κ3) is 3.68. The van der Waals surface area contributed by atoms with Gasteiger partial charge in [-0.2, -0.15) is 17.0 Å². The summed E-state index contributed by atoms with van der Waals surface area (Å²) >= 11 is 1.96. The average molecular weight is 290 g/mol. The Hall–Kier alpha value is -1.18. The van der Waals surface area contributed by atoms with Crippen LogP contribution < -0.4 is 10.1 Å². The van der Waals surface area contributed by atoms with Gasteiger partial charge in [0.15, 0.2) is 0 Å². The van der Waals surface area contributed by atoms with Crippen molar-refractivity contribution in [2.75, 3.05) is 13.4 Å². The molecule has 0 aliphatic heterocycles. The molecule has 1 aliphatic carbocycles. The van der Waals surface area contributed by atoms with E-state index < -0.39 is 0 Å². The predicted octanol–water partition coefficient (Wildman–Crippen LogP) is 3.33. The number of nitriles is 1. The quantitative estimate of drug-likeness (QED) is 0.903. The Bertz CT molecular complexity index is 484. The molecule has 20 heavy (non-hydrogen) atoms. The van der Waals surface area contributed by atoms with Gasteiger partial charge in [0, 0.05) is 23.4 Å². The molecule has 2 atom stereocenters. The number of thioether (sulfide) groups is 1. The van der Waals surface area contributed by atoms with Crippen molar-refractivity contribution in [2.24, 2.45) is 0 Å². The van der Waals surface area contributed by atoms with Crippen molar-refractivity contribution in [3.8, 4) is 11.8 Å². The summed E-state index contributed by atoms with van der Waals surface area (Å²) in [5, 5.41) is 13.4. The molecule has 2 rings (SSSR count).